The fraction of sp³-hybridized carbons (Fsp3) is 0.176. The molecule has 2 rings (SSSR count). The number of benzene rings is 1. The second-order valence-corrected chi connectivity index (χ2v) is 4.62. The third kappa shape index (κ3) is 3.69. The highest BCUT2D eigenvalue weighted by Gasteiger charge is 2.03. The molecule has 0 aliphatic carbocycles. The van der Waals surface area contributed by atoms with Crippen LogP contribution in [0.2, 0.25) is 0 Å². The third-order valence-corrected chi connectivity index (χ3v) is 2.60. The molecule has 0 aliphatic heterocycles. The first-order valence-electron chi connectivity index (χ1n) is 6.49. The van der Waals surface area contributed by atoms with Crippen molar-refractivity contribution >= 4 is 11.6 Å². The topological polar surface area (TPSA) is 45.9 Å². The molecule has 0 fully saturated rings. The maximum Gasteiger partial charge on any atom is 0.120 e. The van der Waals surface area contributed by atoms with Crippen molar-refractivity contribution in [1.29, 1.82) is 5.26 Å². The van der Waals surface area contributed by atoms with E-state index in [2.05, 4.69) is 11.1 Å². The number of hydrogen-bond donors (Lipinski definition) is 0. The van der Waals surface area contributed by atoms with Crippen molar-refractivity contribution < 1.29 is 4.74 Å². The molecule has 3 heteroatoms. The average molecular weight is 264 g/mol. The summed E-state index contributed by atoms with van der Waals surface area (Å²) in [6.07, 6.45) is 3.62. The number of allylic oxidation sites excluding steroid dienone is 1. The number of nitrogens with zero attached hydrogens (tertiary/aromatic N) is 2. The molecule has 0 saturated carbocycles. The van der Waals surface area contributed by atoms with Crippen LogP contribution in [0.1, 0.15) is 25.1 Å². The van der Waals surface area contributed by atoms with Crippen molar-refractivity contribution in [2.24, 2.45) is 0 Å². The summed E-state index contributed by atoms with van der Waals surface area (Å²) >= 11 is 0. The Bertz CT molecular complexity index is 640. The summed E-state index contributed by atoms with van der Waals surface area (Å²) in [4.78, 5) is 4.19. The van der Waals surface area contributed by atoms with E-state index in [1.54, 1.807) is 6.20 Å². The number of nitriles is 1. The quantitative estimate of drug-likeness (QED) is 0.786. The van der Waals surface area contributed by atoms with E-state index in [0.717, 1.165) is 11.3 Å². The summed E-state index contributed by atoms with van der Waals surface area (Å²) in [5.41, 5.74) is 2.13. The Balaban J connectivity index is 2.31. The molecular weight excluding hydrogens is 248 g/mol. The van der Waals surface area contributed by atoms with Gasteiger partial charge in [0.25, 0.3) is 0 Å². The molecule has 2 aromatic rings. The van der Waals surface area contributed by atoms with Crippen LogP contribution in [0.25, 0.3) is 11.6 Å². The lowest BCUT2D eigenvalue weighted by atomic mass is 10.1. The van der Waals surface area contributed by atoms with Gasteiger partial charge in [0.15, 0.2) is 0 Å². The number of ether oxygens (including phenoxy) is 1. The summed E-state index contributed by atoms with van der Waals surface area (Å²) < 4.78 is 5.65. The molecule has 1 aromatic heterocycles. The van der Waals surface area contributed by atoms with Crippen molar-refractivity contribution in [3.63, 3.8) is 0 Å². The molecule has 0 bridgehead atoms. The maximum atomic E-state index is 9.27. The molecule has 0 spiro atoms. The Morgan fingerprint density at radius 3 is 2.75 bits per heavy atom. The van der Waals surface area contributed by atoms with Gasteiger partial charge in [0.05, 0.1) is 17.4 Å². The van der Waals surface area contributed by atoms with Gasteiger partial charge in [0.2, 0.25) is 0 Å². The molecule has 3 nitrogen and oxygen atoms in total. The Morgan fingerprint density at radius 2 is 2.10 bits per heavy atom. The van der Waals surface area contributed by atoms with Crippen LogP contribution in [0.15, 0.2) is 48.7 Å². The predicted molar refractivity (Wildman–Crippen MR) is 79.9 cm³/mol. The zero-order chi connectivity index (χ0) is 14.4. The van der Waals surface area contributed by atoms with E-state index in [1.807, 2.05) is 62.4 Å². The fourth-order valence-electron chi connectivity index (χ4n) is 1.80. The summed E-state index contributed by atoms with van der Waals surface area (Å²) in [6, 6.07) is 15.4. The highest BCUT2D eigenvalue weighted by Crippen LogP contribution is 2.20. The maximum absolute atomic E-state index is 9.27. The Hall–Kier alpha value is -2.60. The molecule has 0 N–H and O–H groups in total. The molecule has 0 saturated heterocycles. The summed E-state index contributed by atoms with van der Waals surface area (Å²) in [6.45, 7) is 3.97. The molecule has 0 unspecified atom stereocenters. The second-order valence-electron chi connectivity index (χ2n) is 4.62. The number of aromatic nitrogens is 1. The molecule has 20 heavy (non-hydrogen) atoms. The van der Waals surface area contributed by atoms with Crippen LogP contribution in [0.5, 0.6) is 5.75 Å². The number of hydrogen-bond acceptors (Lipinski definition) is 3. The first kappa shape index (κ1) is 13.8. The van der Waals surface area contributed by atoms with Gasteiger partial charge in [-0.05, 0) is 49.8 Å². The van der Waals surface area contributed by atoms with E-state index >= 15 is 0 Å². The van der Waals surface area contributed by atoms with Gasteiger partial charge in [-0.2, -0.15) is 5.26 Å². The van der Waals surface area contributed by atoms with Gasteiger partial charge in [-0.1, -0.05) is 18.2 Å². The van der Waals surface area contributed by atoms with Crippen LogP contribution < -0.4 is 4.74 Å². The van der Waals surface area contributed by atoms with Crippen molar-refractivity contribution in [2.45, 2.75) is 20.0 Å². The monoisotopic (exact) mass is 264 g/mol. The minimum atomic E-state index is 0.125. The minimum Gasteiger partial charge on any atom is -0.491 e. The van der Waals surface area contributed by atoms with Crippen LogP contribution in [-0.4, -0.2) is 11.1 Å². The van der Waals surface area contributed by atoms with Gasteiger partial charge in [0, 0.05) is 6.20 Å². The summed E-state index contributed by atoms with van der Waals surface area (Å²) in [7, 11) is 0. The standard InChI is InChI=1S/C17H16N2O/c1-13(2)20-16-7-5-6-14(11-16)10-15(12-18)17-8-3-4-9-19-17/h3-11,13H,1-2H3. The molecule has 1 aromatic carbocycles. The lowest BCUT2D eigenvalue weighted by molar-refractivity contribution is 0.242. The zero-order valence-corrected chi connectivity index (χ0v) is 11.6. The zero-order valence-electron chi connectivity index (χ0n) is 11.6. The van der Waals surface area contributed by atoms with Crippen molar-refractivity contribution in [3.05, 3.63) is 59.9 Å². The van der Waals surface area contributed by atoms with E-state index < -0.39 is 0 Å². The molecule has 0 atom stereocenters. The van der Waals surface area contributed by atoms with E-state index in [4.69, 9.17) is 4.74 Å². The van der Waals surface area contributed by atoms with Crippen molar-refractivity contribution in [3.8, 4) is 11.8 Å². The van der Waals surface area contributed by atoms with Crippen LogP contribution in [-0.2, 0) is 0 Å². The highest BCUT2D eigenvalue weighted by molar-refractivity contribution is 5.88. The van der Waals surface area contributed by atoms with Crippen molar-refractivity contribution in [2.75, 3.05) is 0 Å². The van der Waals surface area contributed by atoms with E-state index in [-0.39, 0.29) is 6.10 Å². The molecule has 0 amide bonds. The number of pyridine rings is 1. The second kappa shape index (κ2) is 6.53. The van der Waals surface area contributed by atoms with Crippen LogP contribution in [0.3, 0.4) is 0 Å². The smallest absolute Gasteiger partial charge is 0.120 e. The van der Waals surface area contributed by atoms with Crippen LogP contribution in [0.4, 0.5) is 0 Å². The molecule has 1 heterocycles. The largest absolute Gasteiger partial charge is 0.491 e. The van der Waals surface area contributed by atoms with E-state index in [9.17, 15) is 5.26 Å². The SMILES string of the molecule is CC(C)Oc1cccc(C=C(C#N)c2ccccn2)c1. The third-order valence-electron chi connectivity index (χ3n) is 2.60. The summed E-state index contributed by atoms with van der Waals surface area (Å²) in [5, 5.41) is 9.27. The normalized spacial score (nSPS) is 11.2. The van der Waals surface area contributed by atoms with E-state index in [1.165, 1.54) is 0 Å². The van der Waals surface area contributed by atoms with Crippen molar-refractivity contribution in [1.82, 2.24) is 4.98 Å². The first-order valence-corrected chi connectivity index (χ1v) is 6.49. The summed E-state index contributed by atoms with van der Waals surface area (Å²) in [5.74, 6) is 0.798. The van der Waals surface area contributed by atoms with Crippen LogP contribution in [0, 0.1) is 11.3 Å². The Morgan fingerprint density at radius 1 is 1.25 bits per heavy atom. The highest BCUT2D eigenvalue weighted by atomic mass is 16.5. The fourth-order valence-corrected chi connectivity index (χ4v) is 1.80. The van der Waals surface area contributed by atoms with Gasteiger partial charge in [-0.15, -0.1) is 0 Å². The predicted octanol–water partition coefficient (Wildman–Crippen LogP) is 3.93. The molecule has 100 valence electrons. The lowest BCUT2D eigenvalue weighted by Crippen LogP contribution is -2.05. The van der Waals surface area contributed by atoms with Crippen LogP contribution >= 0.6 is 0 Å². The van der Waals surface area contributed by atoms with Gasteiger partial charge < -0.3 is 4.74 Å². The molecule has 0 radical (unpaired) electrons. The van der Waals surface area contributed by atoms with Gasteiger partial charge >= 0.3 is 0 Å². The number of rotatable bonds is 4. The molecular formula is C17H16N2O. The van der Waals surface area contributed by atoms with Gasteiger partial charge in [0.1, 0.15) is 11.8 Å². The van der Waals surface area contributed by atoms with Gasteiger partial charge in [-0.3, -0.25) is 4.98 Å². The van der Waals surface area contributed by atoms with E-state index in [0.29, 0.717) is 11.3 Å². The van der Waals surface area contributed by atoms with Gasteiger partial charge in [-0.25, -0.2) is 0 Å². The lowest BCUT2D eigenvalue weighted by Gasteiger charge is -2.09. The average Bonchev–Trinajstić information content (AvgIpc) is 2.45. The minimum absolute atomic E-state index is 0.125. The first-order chi connectivity index (χ1) is 9.69. The Labute approximate surface area is 119 Å². The molecule has 0 aliphatic rings. The Kier molecular flexibility index (Phi) is 4.52.